The Hall–Kier alpha value is -0.860. The molecule has 1 atom stereocenters. The highest BCUT2D eigenvalue weighted by atomic mass is 16.3. The first-order valence-electron chi connectivity index (χ1n) is 6.05. The van der Waals surface area contributed by atoms with E-state index in [2.05, 4.69) is 43.0 Å². The first kappa shape index (κ1) is 11.6. The lowest BCUT2D eigenvalue weighted by Crippen LogP contribution is -2.51. The van der Waals surface area contributed by atoms with Crippen molar-refractivity contribution in [2.75, 3.05) is 6.54 Å². The first-order valence-corrected chi connectivity index (χ1v) is 6.05. The van der Waals surface area contributed by atoms with Crippen LogP contribution in [0.25, 0.3) is 0 Å². The molecule has 1 aromatic carbocycles. The second-order valence-corrected chi connectivity index (χ2v) is 5.37. The molecule has 1 fully saturated rings. The van der Waals surface area contributed by atoms with Gasteiger partial charge in [0.1, 0.15) is 0 Å². The van der Waals surface area contributed by atoms with E-state index < -0.39 is 0 Å². The van der Waals surface area contributed by atoms with Crippen LogP contribution in [0.15, 0.2) is 30.3 Å². The van der Waals surface area contributed by atoms with Crippen molar-refractivity contribution in [3.05, 3.63) is 35.9 Å². The zero-order valence-electron chi connectivity index (χ0n) is 10.2. The molecule has 0 amide bonds. The van der Waals surface area contributed by atoms with Gasteiger partial charge in [-0.3, -0.25) is 4.90 Å². The van der Waals surface area contributed by atoms with Crippen molar-refractivity contribution in [1.82, 2.24) is 4.90 Å². The molecular formula is C14H21NO. The molecular weight excluding hydrogens is 198 g/mol. The number of rotatable bonds is 2. The van der Waals surface area contributed by atoms with E-state index in [1.807, 2.05) is 6.07 Å². The highest BCUT2D eigenvalue weighted by Gasteiger charge is 2.33. The number of benzene rings is 1. The van der Waals surface area contributed by atoms with Crippen molar-refractivity contribution in [3.8, 4) is 0 Å². The summed E-state index contributed by atoms with van der Waals surface area (Å²) in [5.74, 6) is 0. The Labute approximate surface area is 97.9 Å². The summed E-state index contributed by atoms with van der Waals surface area (Å²) in [6, 6.07) is 10.5. The highest BCUT2D eigenvalue weighted by molar-refractivity contribution is 5.15. The molecule has 1 saturated heterocycles. The monoisotopic (exact) mass is 219 g/mol. The molecule has 0 spiro atoms. The summed E-state index contributed by atoms with van der Waals surface area (Å²) in [4.78, 5) is 2.39. The van der Waals surface area contributed by atoms with Crippen LogP contribution in [0.3, 0.4) is 0 Å². The van der Waals surface area contributed by atoms with E-state index in [-0.39, 0.29) is 11.6 Å². The third-order valence-electron chi connectivity index (χ3n) is 3.59. The maximum atomic E-state index is 9.75. The van der Waals surface area contributed by atoms with Crippen LogP contribution in [-0.4, -0.2) is 28.2 Å². The second kappa shape index (κ2) is 4.56. The van der Waals surface area contributed by atoms with Crippen LogP contribution >= 0.6 is 0 Å². The SMILES string of the molecule is CC1(C)CCC(O)CN1Cc1ccccc1. The Balaban J connectivity index is 2.07. The van der Waals surface area contributed by atoms with E-state index in [1.54, 1.807) is 0 Å². The molecule has 2 heteroatoms. The smallest absolute Gasteiger partial charge is 0.0668 e. The fourth-order valence-electron chi connectivity index (χ4n) is 2.35. The van der Waals surface area contributed by atoms with Crippen LogP contribution in [0.2, 0.25) is 0 Å². The van der Waals surface area contributed by atoms with E-state index in [1.165, 1.54) is 5.56 Å². The lowest BCUT2D eigenvalue weighted by molar-refractivity contribution is -0.00959. The number of piperidine rings is 1. The summed E-state index contributed by atoms with van der Waals surface area (Å²) in [6.45, 7) is 6.26. The Bertz CT molecular complexity index is 334. The van der Waals surface area contributed by atoms with Crippen LogP contribution in [-0.2, 0) is 6.54 Å². The van der Waals surface area contributed by atoms with Gasteiger partial charge in [-0.15, -0.1) is 0 Å². The predicted molar refractivity (Wildman–Crippen MR) is 66.2 cm³/mol. The van der Waals surface area contributed by atoms with E-state index >= 15 is 0 Å². The zero-order valence-corrected chi connectivity index (χ0v) is 10.2. The van der Waals surface area contributed by atoms with Gasteiger partial charge in [0, 0.05) is 18.6 Å². The third-order valence-corrected chi connectivity index (χ3v) is 3.59. The molecule has 88 valence electrons. The average Bonchev–Trinajstić information content (AvgIpc) is 2.26. The molecule has 1 N–H and O–H groups in total. The number of aliphatic hydroxyl groups excluding tert-OH is 1. The first-order chi connectivity index (χ1) is 7.58. The maximum absolute atomic E-state index is 9.75. The normalized spacial score (nSPS) is 25.6. The van der Waals surface area contributed by atoms with Gasteiger partial charge in [-0.05, 0) is 32.3 Å². The van der Waals surface area contributed by atoms with Crippen LogP contribution < -0.4 is 0 Å². The van der Waals surface area contributed by atoms with Gasteiger partial charge in [0.15, 0.2) is 0 Å². The molecule has 1 aromatic rings. The molecule has 1 unspecified atom stereocenters. The Morgan fingerprint density at radius 3 is 2.69 bits per heavy atom. The molecule has 1 aliphatic rings. The van der Waals surface area contributed by atoms with Crippen molar-refractivity contribution in [1.29, 1.82) is 0 Å². The Morgan fingerprint density at radius 2 is 2.00 bits per heavy atom. The standard InChI is InChI=1S/C14H21NO/c1-14(2)9-8-13(16)11-15(14)10-12-6-4-3-5-7-12/h3-7,13,16H,8-11H2,1-2H3. The van der Waals surface area contributed by atoms with Crippen molar-refractivity contribution >= 4 is 0 Å². The summed E-state index contributed by atoms with van der Waals surface area (Å²) in [7, 11) is 0. The molecule has 16 heavy (non-hydrogen) atoms. The van der Waals surface area contributed by atoms with E-state index in [4.69, 9.17) is 0 Å². The van der Waals surface area contributed by atoms with Crippen LogP contribution in [0.4, 0.5) is 0 Å². The minimum absolute atomic E-state index is 0.156. The molecule has 0 radical (unpaired) electrons. The largest absolute Gasteiger partial charge is 0.392 e. The fourth-order valence-corrected chi connectivity index (χ4v) is 2.35. The summed E-state index contributed by atoms with van der Waals surface area (Å²) in [5, 5.41) is 9.75. The van der Waals surface area contributed by atoms with Crippen LogP contribution in [0.1, 0.15) is 32.3 Å². The topological polar surface area (TPSA) is 23.5 Å². The molecule has 0 aromatic heterocycles. The summed E-state index contributed by atoms with van der Waals surface area (Å²) in [6.07, 6.45) is 1.84. The van der Waals surface area contributed by atoms with Crippen molar-refractivity contribution in [3.63, 3.8) is 0 Å². The van der Waals surface area contributed by atoms with Gasteiger partial charge in [0.2, 0.25) is 0 Å². The number of hydrogen-bond acceptors (Lipinski definition) is 2. The van der Waals surface area contributed by atoms with Crippen molar-refractivity contribution in [2.45, 2.75) is 44.9 Å². The van der Waals surface area contributed by atoms with E-state index in [0.29, 0.717) is 0 Å². The van der Waals surface area contributed by atoms with Gasteiger partial charge in [-0.1, -0.05) is 30.3 Å². The summed E-state index contributed by atoms with van der Waals surface area (Å²) >= 11 is 0. The molecule has 2 rings (SSSR count). The van der Waals surface area contributed by atoms with Gasteiger partial charge in [0.05, 0.1) is 6.10 Å². The number of aliphatic hydroxyl groups is 1. The third kappa shape index (κ3) is 2.63. The van der Waals surface area contributed by atoms with Gasteiger partial charge < -0.3 is 5.11 Å². The fraction of sp³-hybridized carbons (Fsp3) is 0.571. The lowest BCUT2D eigenvalue weighted by Gasteiger charge is -2.44. The van der Waals surface area contributed by atoms with Gasteiger partial charge in [-0.25, -0.2) is 0 Å². The molecule has 2 nitrogen and oxygen atoms in total. The summed E-state index contributed by atoms with van der Waals surface area (Å²) in [5.41, 5.74) is 1.53. The van der Waals surface area contributed by atoms with Gasteiger partial charge in [-0.2, -0.15) is 0 Å². The maximum Gasteiger partial charge on any atom is 0.0668 e. The van der Waals surface area contributed by atoms with E-state index in [0.717, 1.165) is 25.9 Å². The quantitative estimate of drug-likeness (QED) is 0.825. The Kier molecular flexibility index (Phi) is 3.31. The molecule has 1 heterocycles. The lowest BCUT2D eigenvalue weighted by atomic mass is 9.88. The van der Waals surface area contributed by atoms with E-state index in [9.17, 15) is 5.11 Å². The zero-order chi connectivity index (χ0) is 11.6. The highest BCUT2D eigenvalue weighted by Crippen LogP contribution is 2.28. The number of β-amino-alcohol motifs (C(OH)–C–C–N with tert-alkyl or cyclic N) is 1. The van der Waals surface area contributed by atoms with Gasteiger partial charge >= 0.3 is 0 Å². The second-order valence-electron chi connectivity index (χ2n) is 5.37. The van der Waals surface area contributed by atoms with Gasteiger partial charge in [0.25, 0.3) is 0 Å². The number of hydrogen-bond donors (Lipinski definition) is 1. The number of likely N-dealkylation sites (tertiary alicyclic amines) is 1. The minimum Gasteiger partial charge on any atom is -0.392 e. The van der Waals surface area contributed by atoms with Crippen molar-refractivity contribution in [2.24, 2.45) is 0 Å². The molecule has 0 aliphatic carbocycles. The number of nitrogens with zero attached hydrogens (tertiary/aromatic N) is 1. The van der Waals surface area contributed by atoms with Crippen molar-refractivity contribution < 1.29 is 5.11 Å². The predicted octanol–water partition coefficient (Wildman–Crippen LogP) is 2.42. The van der Waals surface area contributed by atoms with Crippen LogP contribution in [0, 0.1) is 0 Å². The molecule has 0 bridgehead atoms. The molecule has 0 saturated carbocycles. The van der Waals surface area contributed by atoms with Crippen LogP contribution in [0.5, 0.6) is 0 Å². The molecule has 1 aliphatic heterocycles. The summed E-state index contributed by atoms with van der Waals surface area (Å²) < 4.78 is 0. The average molecular weight is 219 g/mol. The Morgan fingerprint density at radius 1 is 1.31 bits per heavy atom. The minimum atomic E-state index is -0.156.